The molecule has 0 atom stereocenters. The van der Waals surface area contributed by atoms with Crippen molar-refractivity contribution >= 4 is 17.3 Å². The minimum Gasteiger partial charge on any atom is -0.454 e. The molecule has 96 valence electrons. The van der Waals surface area contributed by atoms with E-state index in [1.54, 1.807) is 24.3 Å². The Balaban J connectivity index is 2.31. The lowest BCUT2D eigenvalue weighted by Gasteiger charge is -2.09. The molecule has 0 fully saturated rings. The van der Waals surface area contributed by atoms with Gasteiger partial charge in [-0.3, -0.25) is 0 Å². The van der Waals surface area contributed by atoms with Crippen LogP contribution in [0.1, 0.15) is 5.56 Å². The van der Waals surface area contributed by atoms with Crippen molar-refractivity contribution in [1.29, 1.82) is 5.26 Å². The molecule has 0 aromatic heterocycles. The molecule has 0 aliphatic heterocycles. The molecule has 0 unspecified atom stereocenters. The van der Waals surface area contributed by atoms with Crippen molar-refractivity contribution in [1.82, 2.24) is 0 Å². The lowest BCUT2D eigenvalue weighted by molar-refractivity contribution is 0.442. The number of benzene rings is 2. The van der Waals surface area contributed by atoms with E-state index in [2.05, 4.69) is 0 Å². The summed E-state index contributed by atoms with van der Waals surface area (Å²) < 4.78 is 19.1. The molecule has 0 saturated heterocycles. The molecule has 0 bridgehead atoms. The minimum atomic E-state index is -0.622. The molecule has 2 aromatic rings. The number of hydrogen-bond acceptors (Lipinski definition) is 3. The zero-order chi connectivity index (χ0) is 13.8. The van der Waals surface area contributed by atoms with Crippen molar-refractivity contribution in [3.8, 4) is 17.6 Å². The van der Waals surface area contributed by atoms with Crippen LogP contribution in [0.25, 0.3) is 0 Å². The summed E-state index contributed by atoms with van der Waals surface area (Å²) in [6.07, 6.45) is 0.168. The summed E-state index contributed by atoms with van der Waals surface area (Å²) in [5.41, 5.74) is 6.86. The van der Waals surface area contributed by atoms with Crippen molar-refractivity contribution in [2.24, 2.45) is 0 Å². The van der Waals surface area contributed by atoms with Gasteiger partial charge in [-0.25, -0.2) is 4.39 Å². The van der Waals surface area contributed by atoms with Gasteiger partial charge in [-0.15, -0.1) is 0 Å². The molecular formula is C14H10ClFN2O. The largest absolute Gasteiger partial charge is 0.454 e. The van der Waals surface area contributed by atoms with E-state index in [-0.39, 0.29) is 17.2 Å². The number of nitriles is 1. The first-order chi connectivity index (χ1) is 9.11. The van der Waals surface area contributed by atoms with Crippen LogP contribution in [0.2, 0.25) is 5.02 Å². The molecule has 0 spiro atoms. The van der Waals surface area contributed by atoms with Crippen LogP contribution < -0.4 is 10.5 Å². The third-order valence-corrected chi connectivity index (χ3v) is 2.82. The quantitative estimate of drug-likeness (QED) is 0.865. The second-order valence-electron chi connectivity index (χ2n) is 3.85. The van der Waals surface area contributed by atoms with Crippen LogP contribution in [0.3, 0.4) is 0 Å². The van der Waals surface area contributed by atoms with Gasteiger partial charge in [-0.05, 0) is 35.9 Å². The molecule has 2 N–H and O–H groups in total. The zero-order valence-corrected chi connectivity index (χ0v) is 10.6. The Bertz CT molecular complexity index is 652. The highest BCUT2D eigenvalue weighted by Crippen LogP contribution is 2.30. The molecule has 0 heterocycles. The molecule has 0 saturated carbocycles. The first-order valence-corrected chi connectivity index (χ1v) is 5.87. The van der Waals surface area contributed by atoms with Crippen LogP contribution in [0.5, 0.6) is 11.5 Å². The average Bonchev–Trinajstić information content (AvgIpc) is 2.39. The van der Waals surface area contributed by atoms with Gasteiger partial charge in [-0.2, -0.15) is 5.26 Å². The Kier molecular flexibility index (Phi) is 3.88. The fourth-order valence-corrected chi connectivity index (χ4v) is 1.74. The topological polar surface area (TPSA) is 59.0 Å². The molecule has 0 radical (unpaired) electrons. The number of nitrogens with two attached hydrogens (primary N) is 1. The van der Waals surface area contributed by atoms with Crippen LogP contribution in [-0.4, -0.2) is 0 Å². The lowest BCUT2D eigenvalue weighted by Crippen LogP contribution is -1.95. The van der Waals surface area contributed by atoms with Crippen molar-refractivity contribution in [2.75, 3.05) is 5.73 Å². The average molecular weight is 277 g/mol. The highest BCUT2D eigenvalue weighted by Gasteiger charge is 2.09. The van der Waals surface area contributed by atoms with Gasteiger partial charge in [0.2, 0.25) is 0 Å². The minimum absolute atomic E-state index is 0.00908. The normalized spacial score (nSPS) is 9.95. The van der Waals surface area contributed by atoms with E-state index in [4.69, 9.17) is 27.3 Å². The number of halogens is 2. The van der Waals surface area contributed by atoms with E-state index < -0.39 is 5.82 Å². The summed E-state index contributed by atoms with van der Waals surface area (Å²) in [5, 5.41) is 8.67. The number of hydrogen-bond donors (Lipinski definition) is 1. The zero-order valence-electron chi connectivity index (χ0n) is 9.86. The Morgan fingerprint density at radius 3 is 2.84 bits per heavy atom. The van der Waals surface area contributed by atoms with E-state index in [0.29, 0.717) is 17.0 Å². The summed E-state index contributed by atoms with van der Waals surface area (Å²) in [6, 6.07) is 11.3. The molecule has 3 nitrogen and oxygen atoms in total. The maximum Gasteiger partial charge on any atom is 0.184 e. The predicted molar refractivity (Wildman–Crippen MR) is 71.7 cm³/mol. The van der Waals surface area contributed by atoms with Gasteiger partial charge in [0.1, 0.15) is 5.75 Å². The Labute approximate surface area is 115 Å². The van der Waals surface area contributed by atoms with Gasteiger partial charge in [-0.1, -0.05) is 17.7 Å². The van der Waals surface area contributed by atoms with Crippen molar-refractivity contribution in [3.63, 3.8) is 0 Å². The number of rotatable bonds is 3. The van der Waals surface area contributed by atoms with Gasteiger partial charge in [0, 0.05) is 5.69 Å². The monoisotopic (exact) mass is 276 g/mol. The predicted octanol–water partition coefficient (Wildman–Crippen LogP) is 3.92. The smallest absolute Gasteiger partial charge is 0.184 e. The second kappa shape index (κ2) is 5.59. The third-order valence-electron chi connectivity index (χ3n) is 2.53. The van der Waals surface area contributed by atoms with E-state index in [1.807, 2.05) is 6.07 Å². The summed E-state index contributed by atoms with van der Waals surface area (Å²) in [6.45, 7) is 0. The summed E-state index contributed by atoms with van der Waals surface area (Å²) in [4.78, 5) is 0. The van der Waals surface area contributed by atoms with E-state index >= 15 is 0 Å². The summed E-state index contributed by atoms with van der Waals surface area (Å²) in [5.74, 6) is -0.191. The van der Waals surface area contributed by atoms with Gasteiger partial charge in [0.05, 0.1) is 17.5 Å². The van der Waals surface area contributed by atoms with Gasteiger partial charge in [0.15, 0.2) is 11.6 Å². The molecule has 19 heavy (non-hydrogen) atoms. The maximum atomic E-state index is 13.7. The van der Waals surface area contributed by atoms with Gasteiger partial charge >= 0.3 is 0 Å². The van der Waals surface area contributed by atoms with Crippen LogP contribution in [0.4, 0.5) is 10.1 Å². The lowest BCUT2D eigenvalue weighted by atomic mass is 10.1. The Hall–Kier alpha value is -2.25. The summed E-state index contributed by atoms with van der Waals surface area (Å²) in [7, 11) is 0. The van der Waals surface area contributed by atoms with Crippen molar-refractivity contribution < 1.29 is 9.13 Å². The fraction of sp³-hybridized carbons (Fsp3) is 0.0714. The highest BCUT2D eigenvalue weighted by molar-refractivity contribution is 6.30. The number of ether oxygens (including phenoxy) is 1. The molecule has 0 aliphatic rings. The summed E-state index contributed by atoms with van der Waals surface area (Å²) >= 11 is 5.67. The van der Waals surface area contributed by atoms with Crippen LogP contribution in [0, 0.1) is 17.1 Å². The molecule has 0 aliphatic carbocycles. The van der Waals surface area contributed by atoms with Gasteiger partial charge in [0.25, 0.3) is 0 Å². The second-order valence-corrected chi connectivity index (χ2v) is 4.26. The first-order valence-electron chi connectivity index (χ1n) is 5.49. The molecule has 2 aromatic carbocycles. The molecular weight excluding hydrogens is 267 g/mol. The molecule has 5 heteroatoms. The van der Waals surface area contributed by atoms with Crippen molar-refractivity contribution in [2.45, 2.75) is 6.42 Å². The standard InChI is InChI=1S/C14H10ClFN2O/c15-11-2-1-3-13(14(11)16)19-10-4-5-12(18)9(8-10)6-7-17/h1-5,8H,6,18H2. The van der Waals surface area contributed by atoms with Crippen LogP contribution in [0.15, 0.2) is 36.4 Å². The van der Waals surface area contributed by atoms with E-state index in [0.717, 1.165) is 0 Å². The number of anilines is 1. The number of nitrogen functional groups attached to an aromatic ring is 1. The van der Waals surface area contributed by atoms with E-state index in [9.17, 15) is 4.39 Å². The maximum absolute atomic E-state index is 13.7. The van der Waals surface area contributed by atoms with Crippen molar-refractivity contribution in [3.05, 3.63) is 52.8 Å². The first kappa shape index (κ1) is 13.2. The van der Waals surface area contributed by atoms with Gasteiger partial charge < -0.3 is 10.5 Å². The fourth-order valence-electron chi connectivity index (χ4n) is 1.57. The number of nitrogens with zero attached hydrogens (tertiary/aromatic N) is 1. The Morgan fingerprint density at radius 2 is 2.11 bits per heavy atom. The third kappa shape index (κ3) is 2.95. The Morgan fingerprint density at radius 1 is 1.32 bits per heavy atom. The molecule has 2 rings (SSSR count). The van der Waals surface area contributed by atoms with Crippen LogP contribution >= 0.6 is 11.6 Å². The highest BCUT2D eigenvalue weighted by atomic mass is 35.5. The molecule has 0 amide bonds. The van der Waals surface area contributed by atoms with Crippen LogP contribution in [-0.2, 0) is 6.42 Å². The van der Waals surface area contributed by atoms with E-state index in [1.165, 1.54) is 12.1 Å². The SMILES string of the molecule is N#CCc1cc(Oc2cccc(Cl)c2F)ccc1N.